The zero-order chi connectivity index (χ0) is 16.4. The van der Waals surface area contributed by atoms with Crippen LogP contribution in [0.2, 0.25) is 0 Å². The minimum atomic E-state index is 0.592. The fourth-order valence-corrected chi connectivity index (χ4v) is 2.84. The summed E-state index contributed by atoms with van der Waals surface area (Å²) < 4.78 is 5.90. The van der Waals surface area contributed by atoms with Crippen LogP contribution in [0.3, 0.4) is 0 Å². The van der Waals surface area contributed by atoms with Crippen molar-refractivity contribution < 1.29 is 4.42 Å². The number of aromatic nitrogens is 2. The number of benzene rings is 1. The summed E-state index contributed by atoms with van der Waals surface area (Å²) in [7, 11) is 0. The van der Waals surface area contributed by atoms with Gasteiger partial charge < -0.3 is 15.1 Å². The van der Waals surface area contributed by atoms with E-state index in [-0.39, 0.29) is 0 Å². The van der Waals surface area contributed by atoms with Crippen LogP contribution in [0.5, 0.6) is 0 Å². The Bertz CT molecular complexity index is 1010. The van der Waals surface area contributed by atoms with Gasteiger partial charge in [0.25, 0.3) is 0 Å². The standard InChI is InChI=1S/C19H18N4O/c20-9-4-12-23-11-3-7-17-19(23)22-18(24-17)13-14-8-10-21-16-6-2-1-5-15(14)16/h1-3,5-8,10-11,13H,4,9,12,20H2/b18-13-. The van der Waals surface area contributed by atoms with Crippen molar-refractivity contribution >= 4 is 28.9 Å². The topological polar surface area (TPSA) is 68.2 Å². The smallest absolute Gasteiger partial charge is 0.222 e. The maximum absolute atomic E-state index is 5.90. The SMILES string of the molecule is NCCCN1C=CC=c2o/c(=C\c3ccnc4ccccc34)nc21. The summed E-state index contributed by atoms with van der Waals surface area (Å²) in [5, 5.41) is 1.08. The van der Waals surface area contributed by atoms with Gasteiger partial charge >= 0.3 is 0 Å². The molecule has 2 aromatic heterocycles. The third-order valence-corrected chi connectivity index (χ3v) is 4.00. The fraction of sp³-hybridized carbons (Fsp3) is 0.158. The summed E-state index contributed by atoms with van der Waals surface area (Å²) in [6.45, 7) is 1.49. The number of nitrogens with zero attached hydrogens (tertiary/aromatic N) is 3. The highest BCUT2D eigenvalue weighted by Gasteiger charge is 2.12. The molecule has 3 heterocycles. The zero-order valence-corrected chi connectivity index (χ0v) is 13.2. The Labute approximate surface area is 139 Å². The van der Waals surface area contributed by atoms with Gasteiger partial charge in [-0.15, -0.1) is 0 Å². The van der Waals surface area contributed by atoms with Crippen molar-refractivity contribution in [1.29, 1.82) is 0 Å². The van der Waals surface area contributed by atoms with E-state index in [1.807, 2.05) is 48.7 Å². The zero-order valence-electron chi connectivity index (χ0n) is 13.2. The molecule has 4 rings (SSSR count). The Kier molecular flexibility index (Phi) is 3.84. The fourth-order valence-electron chi connectivity index (χ4n) is 2.84. The summed E-state index contributed by atoms with van der Waals surface area (Å²) in [6, 6.07) is 10.0. The van der Waals surface area contributed by atoms with Gasteiger partial charge in [0.2, 0.25) is 5.55 Å². The lowest BCUT2D eigenvalue weighted by Gasteiger charge is -2.18. The van der Waals surface area contributed by atoms with Crippen molar-refractivity contribution in [3.8, 4) is 0 Å². The summed E-state index contributed by atoms with van der Waals surface area (Å²) in [6.07, 6.45) is 10.6. The van der Waals surface area contributed by atoms with Crippen molar-refractivity contribution in [2.45, 2.75) is 6.42 Å². The molecular formula is C19H18N4O. The second kappa shape index (κ2) is 6.29. The Hall–Kier alpha value is -2.92. The average Bonchev–Trinajstić information content (AvgIpc) is 3.03. The molecule has 0 saturated heterocycles. The van der Waals surface area contributed by atoms with Gasteiger partial charge in [0.1, 0.15) is 0 Å². The predicted octanol–water partition coefficient (Wildman–Crippen LogP) is 1.51. The van der Waals surface area contributed by atoms with Crippen LogP contribution in [-0.4, -0.2) is 23.1 Å². The average molecular weight is 318 g/mol. The van der Waals surface area contributed by atoms with E-state index >= 15 is 0 Å². The number of rotatable bonds is 4. The van der Waals surface area contributed by atoms with Gasteiger partial charge in [-0.2, -0.15) is 4.98 Å². The molecule has 0 fully saturated rings. The van der Waals surface area contributed by atoms with Gasteiger partial charge in [0, 0.05) is 30.4 Å². The molecule has 0 radical (unpaired) electrons. The Morgan fingerprint density at radius 3 is 3.04 bits per heavy atom. The van der Waals surface area contributed by atoms with E-state index in [2.05, 4.69) is 20.9 Å². The van der Waals surface area contributed by atoms with Crippen molar-refractivity contribution in [3.05, 3.63) is 65.3 Å². The van der Waals surface area contributed by atoms with E-state index in [0.717, 1.165) is 40.7 Å². The molecule has 5 heteroatoms. The van der Waals surface area contributed by atoms with E-state index in [9.17, 15) is 0 Å². The monoisotopic (exact) mass is 318 g/mol. The van der Waals surface area contributed by atoms with Crippen molar-refractivity contribution in [2.24, 2.45) is 5.73 Å². The molecule has 120 valence electrons. The highest BCUT2D eigenvalue weighted by molar-refractivity contribution is 5.87. The highest BCUT2D eigenvalue weighted by atomic mass is 16.3. The van der Waals surface area contributed by atoms with Gasteiger partial charge in [0.05, 0.1) is 5.52 Å². The lowest BCUT2D eigenvalue weighted by atomic mass is 10.1. The molecule has 0 bridgehead atoms. The molecule has 0 amide bonds. The van der Waals surface area contributed by atoms with Crippen LogP contribution in [0.4, 0.5) is 5.82 Å². The summed E-state index contributed by atoms with van der Waals surface area (Å²) in [4.78, 5) is 11.1. The van der Waals surface area contributed by atoms with Crippen LogP contribution in [-0.2, 0) is 0 Å². The molecule has 2 N–H and O–H groups in total. The lowest BCUT2D eigenvalue weighted by Crippen LogP contribution is -2.26. The molecule has 5 nitrogen and oxygen atoms in total. The minimum absolute atomic E-state index is 0.592. The lowest BCUT2D eigenvalue weighted by molar-refractivity contribution is 0.491. The van der Waals surface area contributed by atoms with E-state index < -0.39 is 0 Å². The summed E-state index contributed by atoms with van der Waals surface area (Å²) in [5.41, 5.74) is 8.98. The quantitative estimate of drug-likeness (QED) is 0.790. The van der Waals surface area contributed by atoms with Crippen molar-refractivity contribution in [1.82, 2.24) is 9.97 Å². The third kappa shape index (κ3) is 2.70. The first kappa shape index (κ1) is 14.7. The van der Waals surface area contributed by atoms with E-state index in [0.29, 0.717) is 12.1 Å². The number of fused-ring (bicyclic) bond motifs is 2. The van der Waals surface area contributed by atoms with Crippen LogP contribution >= 0.6 is 0 Å². The first-order valence-corrected chi connectivity index (χ1v) is 8.03. The number of pyridine rings is 1. The van der Waals surface area contributed by atoms with Gasteiger partial charge in [-0.1, -0.05) is 18.2 Å². The number of allylic oxidation sites excluding steroid dienone is 1. The Morgan fingerprint density at radius 2 is 2.12 bits per heavy atom. The number of hydrogen-bond donors (Lipinski definition) is 1. The Balaban J connectivity index is 1.78. The minimum Gasteiger partial charge on any atom is -0.435 e. The third-order valence-electron chi connectivity index (χ3n) is 4.00. The highest BCUT2D eigenvalue weighted by Crippen LogP contribution is 2.16. The molecule has 0 atom stereocenters. The second-order valence-corrected chi connectivity index (χ2v) is 5.65. The summed E-state index contributed by atoms with van der Waals surface area (Å²) >= 11 is 0. The first-order valence-electron chi connectivity index (χ1n) is 8.03. The molecule has 1 aliphatic rings. The maximum atomic E-state index is 5.90. The molecule has 0 spiro atoms. The van der Waals surface area contributed by atoms with Crippen LogP contribution in [0.1, 0.15) is 12.0 Å². The van der Waals surface area contributed by atoms with Gasteiger partial charge in [-0.3, -0.25) is 4.98 Å². The number of nitrogens with two attached hydrogens (primary N) is 1. The van der Waals surface area contributed by atoms with E-state index in [1.54, 1.807) is 6.20 Å². The maximum Gasteiger partial charge on any atom is 0.222 e. The van der Waals surface area contributed by atoms with Crippen LogP contribution in [0, 0.1) is 0 Å². The van der Waals surface area contributed by atoms with E-state index in [4.69, 9.17) is 10.2 Å². The first-order chi connectivity index (χ1) is 11.8. The number of anilines is 1. The molecule has 3 aromatic rings. The molecule has 0 saturated carbocycles. The molecule has 1 aliphatic heterocycles. The van der Waals surface area contributed by atoms with Crippen LogP contribution in [0.25, 0.3) is 23.1 Å². The molecular weight excluding hydrogens is 300 g/mol. The molecule has 0 aliphatic carbocycles. The Morgan fingerprint density at radius 1 is 1.21 bits per heavy atom. The molecule has 0 unspecified atom stereocenters. The number of para-hydroxylation sites is 1. The van der Waals surface area contributed by atoms with Gasteiger partial charge in [-0.25, -0.2) is 0 Å². The second-order valence-electron chi connectivity index (χ2n) is 5.65. The van der Waals surface area contributed by atoms with Gasteiger partial charge in [0.15, 0.2) is 11.2 Å². The van der Waals surface area contributed by atoms with Crippen molar-refractivity contribution in [2.75, 3.05) is 18.0 Å². The molecule has 1 aromatic carbocycles. The number of oxazole rings is 1. The summed E-state index contributed by atoms with van der Waals surface area (Å²) in [5.74, 6) is 0.843. The van der Waals surface area contributed by atoms with Crippen molar-refractivity contribution in [3.63, 3.8) is 0 Å². The van der Waals surface area contributed by atoms with Gasteiger partial charge in [-0.05, 0) is 42.8 Å². The normalized spacial score (nSPS) is 14.0. The van der Waals surface area contributed by atoms with Crippen LogP contribution in [0.15, 0.2) is 53.2 Å². The van der Waals surface area contributed by atoms with E-state index in [1.165, 1.54) is 0 Å². The number of hydrogen-bond acceptors (Lipinski definition) is 5. The van der Waals surface area contributed by atoms with Crippen LogP contribution < -0.4 is 21.6 Å². The largest absolute Gasteiger partial charge is 0.435 e. The predicted molar refractivity (Wildman–Crippen MR) is 95.7 cm³/mol. The molecule has 24 heavy (non-hydrogen) atoms.